The van der Waals surface area contributed by atoms with Crippen LogP contribution in [0.4, 0.5) is 18.0 Å². The van der Waals surface area contributed by atoms with Crippen LogP contribution in [0.2, 0.25) is 0 Å². The van der Waals surface area contributed by atoms with E-state index in [9.17, 15) is 22.8 Å². The van der Waals surface area contributed by atoms with E-state index in [1.165, 1.54) is 12.1 Å². The molecule has 0 saturated carbocycles. The van der Waals surface area contributed by atoms with Gasteiger partial charge in [0, 0.05) is 5.39 Å². The molecule has 29 heavy (non-hydrogen) atoms. The molecule has 4 rings (SSSR count). The van der Waals surface area contributed by atoms with E-state index in [0.717, 1.165) is 40.4 Å². The highest BCUT2D eigenvalue weighted by Crippen LogP contribution is 2.30. The molecule has 1 unspecified atom stereocenters. The van der Waals surface area contributed by atoms with E-state index in [4.69, 9.17) is 4.52 Å². The third-order valence-corrected chi connectivity index (χ3v) is 5.71. The summed E-state index contributed by atoms with van der Waals surface area (Å²) in [5, 5.41) is 6.33. The van der Waals surface area contributed by atoms with Crippen LogP contribution in [0.5, 0.6) is 0 Å². The van der Waals surface area contributed by atoms with Gasteiger partial charge in [0.1, 0.15) is 0 Å². The number of fused-ring (bicyclic) bond motifs is 1. The average Bonchev–Trinajstić information content (AvgIpc) is 3.21. The Morgan fingerprint density at radius 3 is 2.41 bits per heavy atom. The minimum atomic E-state index is -4.35. The summed E-state index contributed by atoms with van der Waals surface area (Å²) >= 11 is 0.972. The van der Waals surface area contributed by atoms with Crippen LogP contribution in [0.1, 0.15) is 22.4 Å². The van der Waals surface area contributed by atoms with Crippen LogP contribution in [0.25, 0.3) is 11.0 Å². The standard InChI is InChI=1S/C20H15F3N2O3S/c21-20(22,23)13-5-1-11(2-6-13)3-7-15-14-9-12(4-8-16(14)28-25-15)10-17-18(26)24-19(27)29-17/h1-2,4-6,8-9,17H,3,7,10H2,(H,24,26,27). The second kappa shape index (κ2) is 7.55. The summed E-state index contributed by atoms with van der Waals surface area (Å²) < 4.78 is 43.3. The van der Waals surface area contributed by atoms with E-state index in [1.807, 2.05) is 12.1 Å². The molecule has 1 fully saturated rings. The van der Waals surface area contributed by atoms with Gasteiger partial charge >= 0.3 is 6.18 Å². The lowest BCUT2D eigenvalue weighted by Crippen LogP contribution is -2.25. The maximum absolute atomic E-state index is 12.7. The molecule has 3 aromatic rings. The maximum Gasteiger partial charge on any atom is 0.416 e. The molecule has 1 aliphatic rings. The molecule has 0 bridgehead atoms. The molecule has 9 heteroatoms. The number of aromatic nitrogens is 1. The van der Waals surface area contributed by atoms with E-state index < -0.39 is 17.0 Å². The van der Waals surface area contributed by atoms with Crippen LogP contribution in [-0.4, -0.2) is 21.6 Å². The maximum atomic E-state index is 12.7. The van der Waals surface area contributed by atoms with Crippen molar-refractivity contribution >= 4 is 33.9 Å². The summed E-state index contributed by atoms with van der Waals surface area (Å²) in [6, 6.07) is 10.5. The molecule has 0 radical (unpaired) electrons. The second-order valence-corrected chi connectivity index (χ2v) is 7.92. The number of nitrogens with zero attached hydrogens (tertiary/aromatic N) is 1. The van der Waals surface area contributed by atoms with Gasteiger partial charge in [-0.1, -0.05) is 35.1 Å². The van der Waals surface area contributed by atoms with Crippen LogP contribution in [0.15, 0.2) is 47.0 Å². The number of hydrogen-bond donors (Lipinski definition) is 1. The third-order valence-electron chi connectivity index (χ3n) is 4.73. The number of carbonyl (C=O) groups is 2. The van der Waals surface area contributed by atoms with E-state index in [2.05, 4.69) is 10.5 Å². The topological polar surface area (TPSA) is 72.2 Å². The summed E-state index contributed by atoms with van der Waals surface area (Å²) in [5.41, 5.74) is 2.25. The minimum Gasteiger partial charge on any atom is -0.356 e. The van der Waals surface area contributed by atoms with Crippen molar-refractivity contribution in [1.82, 2.24) is 10.5 Å². The Hall–Kier alpha value is -2.81. The Morgan fingerprint density at radius 1 is 1.03 bits per heavy atom. The molecule has 1 aromatic heterocycles. The number of alkyl halides is 3. The first-order chi connectivity index (χ1) is 13.8. The first-order valence-corrected chi connectivity index (χ1v) is 9.72. The Bertz CT molecular complexity index is 1080. The molecule has 1 atom stereocenters. The Labute approximate surface area is 167 Å². The van der Waals surface area contributed by atoms with Crippen molar-refractivity contribution in [2.24, 2.45) is 0 Å². The van der Waals surface area contributed by atoms with Gasteiger partial charge in [0.2, 0.25) is 5.91 Å². The Kier molecular flexibility index (Phi) is 5.08. The summed E-state index contributed by atoms with van der Waals surface area (Å²) in [6.07, 6.45) is -2.93. The van der Waals surface area contributed by atoms with Gasteiger partial charge in [0.25, 0.3) is 5.24 Å². The van der Waals surface area contributed by atoms with Gasteiger partial charge in [0.05, 0.1) is 16.5 Å². The monoisotopic (exact) mass is 420 g/mol. The molecule has 0 spiro atoms. The van der Waals surface area contributed by atoms with Crippen molar-refractivity contribution in [3.8, 4) is 0 Å². The van der Waals surface area contributed by atoms with Crippen molar-refractivity contribution in [2.75, 3.05) is 0 Å². The highest BCUT2D eigenvalue weighted by atomic mass is 32.2. The van der Waals surface area contributed by atoms with Gasteiger partial charge in [-0.2, -0.15) is 13.2 Å². The van der Waals surface area contributed by atoms with Gasteiger partial charge in [-0.05, 0) is 54.7 Å². The first kappa shape index (κ1) is 19.5. The van der Waals surface area contributed by atoms with Crippen molar-refractivity contribution in [2.45, 2.75) is 30.7 Å². The van der Waals surface area contributed by atoms with E-state index in [-0.39, 0.29) is 11.1 Å². The number of hydrogen-bond acceptors (Lipinski definition) is 5. The summed E-state index contributed by atoms with van der Waals surface area (Å²) in [4.78, 5) is 23.1. The van der Waals surface area contributed by atoms with Gasteiger partial charge in [-0.3, -0.25) is 14.9 Å². The molecular weight excluding hydrogens is 405 g/mol. The number of imide groups is 1. The van der Waals surface area contributed by atoms with Crippen molar-refractivity contribution in [1.29, 1.82) is 0 Å². The quantitative estimate of drug-likeness (QED) is 0.657. The number of aryl methyl sites for hydroxylation is 2. The fourth-order valence-corrected chi connectivity index (χ4v) is 4.07. The fourth-order valence-electron chi connectivity index (χ4n) is 3.21. The lowest BCUT2D eigenvalue weighted by atomic mass is 10.0. The van der Waals surface area contributed by atoms with Gasteiger partial charge in [-0.25, -0.2) is 0 Å². The van der Waals surface area contributed by atoms with Crippen LogP contribution < -0.4 is 5.32 Å². The van der Waals surface area contributed by atoms with Crippen molar-refractivity contribution in [3.05, 3.63) is 64.8 Å². The minimum absolute atomic E-state index is 0.298. The van der Waals surface area contributed by atoms with Crippen LogP contribution in [0, 0.1) is 0 Å². The Balaban J connectivity index is 1.48. The number of amides is 2. The lowest BCUT2D eigenvalue weighted by Gasteiger charge is -2.07. The Morgan fingerprint density at radius 2 is 1.76 bits per heavy atom. The molecule has 1 saturated heterocycles. The van der Waals surface area contributed by atoms with Gasteiger partial charge in [-0.15, -0.1) is 0 Å². The van der Waals surface area contributed by atoms with Gasteiger partial charge < -0.3 is 4.52 Å². The fraction of sp³-hybridized carbons (Fsp3) is 0.250. The lowest BCUT2D eigenvalue weighted by molar-refractivity contribution is -0.137. The number of benzene rings is 2. The predicted molar refractivity (Wildman–Crippen MR) is 101 cm³/mol. The zero-order chi connectivity index (χ0) is 20.6. The highest BCUT2D eigenvalue weighted by molar-refractivity contribution is 8.15. The normalized spacial score (nSPS) is 17.1. The number of thioether (sulfide) groups is 1. The average molecular weight is 420 g/mol. The molecule has 1 N–H and O–H groups in total. The van der Waals surface area contributed by atoms with Crippen molar-refractivity contribution < 1.29 is 27.3 Å². The molecule has 5 nitrogen and oxygen atoms in total. The summed E-state index contributed by atoms with van der Waals surface area (Å²) in [7, 11) is 0. The molecule has 0 aliphatic carbocycles. The summed E-state index contributed by atoms with van der Waals surface area (Å²) in [6.45, 7) is 0. The predicted octanol–water partition coefficient (Wildman–Crippen LogP) is 4.53. The van der Waals surface area contributed by atoms with E-state index >= 15 is 0 Å². The summed E-state index contributed by atoms with van der Waals surface area (Å²) in [5.74, 6) is -0.298. The largest absolute Gasteiger partial charge is 0.416 e. The molecule has 2 heterocycles. The van der Waals surface area contributed by atoms with E-state index in [1.54, 1.807) is 6.07 Å². The zero-order valence-corrected chi connectivity index (χ0v) is 15.8. The third kappa shape index (κ3) is 4.29. The molecule has 1 aliphatic heterocycles. The number of carbonyl (C=O) groups excluding carboxylic acids is 2. The van der Waals surface area contributed by atoms with E-state index in [0.29, 0.717) is 30.5 Å². The number of nitrogens with one attached hydrogen (secondary N) is 1. The highest BCUT2D eigenvalue weighted by Gasteiger charge is 2.32. The van der Waals surface area contributed by atoms with Crippen LogP contribution >= 0.6 is 11.8 Å². The first-order valence-electron chi connectivity index (χ1n) is 8.84. The molecule has 2 amide bonds. The molecule has 2 aromatic carbocycles. The van der Waals surface area contributed by atoms with Crippen LogP contribution in [0.3, 0.4) is 0 Å². The molecule has 150 valence electrons. The van der Waals surface area contributed by atoms with Crippen molar-refractivity contribution in [3.63, 3.8) is 0 Å². The van der Waals surface area contributed by atoms with Gasteiger partial charge in [0.15, 0.2) is 5.58 Å². The number of halogens is 3. The zero-order valence-electron chi connectivity index (χ0n) is 15.0. The smallest absolute Gasteiger partial charge is 0.356 e. The SMILES string of the molecule is O=C1NC(=O)C(Cc2ccc3onc(CCc4ccc(C(F)(F)F)cc4)c3c2)S1. The van der Waals surface area contributed by atoms with Crippen LogP contribution in [-0.2, 0) is 30.2 Å². The molecular formula is C20H15F3N2O3S. The number of rotatable bonds is 5. The second-order valence-electron chi connectivity index (χ2n) is 6.74.